The number of benzene rings is 1. The number of carboxylic acids is 1. The number of anilines is 1. The number of carboxylic acid groups (broad SMARTS) is 1. The predicted octanol–water partition coefficient (Wildman–Crippen LogP) is 1.84. The zero-order valence-electron chi connectivity index (χ0n) is 14.9. The van der Waals surface area contributed by atoms with Gasteiger partial charge in [0.2, 0.25) is 11.3 Å². The van der Waals surface area contributed by atoms with Gasteiger partial charge < -0.3 is 19.5 Å². The lowest BCUT2D eigenvalue weighted by molar-refractivity contribution is -0.130. The van der Waals surface area contributed by atoms with Gasteiger partial charge >= 0.3 is 5.97 Å². The molecule has 1 aliphatic carbocycles. The van der Waals surface area contributed by atoms with Crippen LogP contribution in [0.15, 0.2) is 23.1 Å². The van der Waals surface area contributed by atoms with E-state index in [-0.39, 0.29) is 35.1 Å². The monoisotopic (exact) mass is 373 g/mol. The number of piperazine rings is 1. The van der Waals surface area contributed by atoms with Gasteiger partial charge in [0, 0.05) is 37.3 Å². The fraction of sp³-hybridized carbons (Fsp3) is 0.421. The number of carbonyl (C=O) groups excluding carboxylic acids is 1. The molecule has 1 aromatic heterocycles. The summed E-state index contributed by atoms with van der Waals surface area (Å²) in [5.74, 6) is -2.01. The van der Waals surface area contributed by atoms with Crippen molar-refractivity contribution in [3.63, 3.8) is 0 Å². The van der Waals surface area contributed by atoms with Crippen LogP contribution in [0, 0.1) is 5.82 Å². The maximum Gasteiger partial charge on any atom is 0.341 e. The molecule has 1 N–H and O–H groups in total. The fourth-order valence-corrected chi connectivity index (χ4v) is 3.66. The quantitative estimate of drug-likeness (QED) is 0.884. The zero-order chi connectivity index (χ0) is 19.3. The van der Waals surface area contributed by atoms with E-state index in [0.717, 1.165) is 18.9 Å². The molecule has 1 saturated carbocycles. The van der Waals surface area contributed by atoms with Crippen LogP contribution in [0.1, 0.15) is 36.2 Å². The van der Waals surface area contributed by atoms with E-state index < -0.39 is 17.2 Å². The van der Waals surface area contributed by atoms with Crippen LogP contribution in [0.25, 0.3) is 10.9 Å². The van der Waals surface area contributed by atoms with Crippen LogP contribution in [-0.4, -0.2) is 52.6 Å². The Morgan fingerprint density at radius 1 is 1.26 bits per heavy atom. The second-order valence-corrected chi connectivity index (χ2v) is 7.03. The van der Waals surface area contributed by atoms with Gasteiger partial charge in [-0.05, 0) is 31.9 Å². The van der Waals surface area contributed by atoms with E-state index in [1.807, 2.05) is 6.92 Å². The van der Waals surface area contributed by atoms with Gasteiger partial charge in [0.15, 0.2) is 0 Å². The number of fused-ring (bicyclic) bond motifs is 1. The minimum absolute atomic E-state index is 0.0570. The molecule has 2 aliphatic rings. The van der Waals surface area contributed by atoms with Crippen LogP contribution in [-0.2, 0) is 4.79 Å². The summed E-state index contributed by atoms with van der Waals surface area (Å²) in [4.78, 5) is 39.5. The number of likely N-dealkylation sites (N-methyl/N-ethyl adjacent to an activating group) is 1. The van der Waals surface area contributed by atoms with Crippen molar-refractivity contribution >= 4 is 28.5 Å². The van der Waals surface area contributed by atoms with Crippen molar-refractivity contribution in [2.24, 2.45) is 0 Å². The van der Waals surface area contributed by atoms with Crippen LogP contribution in [0.3, 0.4) is 0 Å². The van der Waals surface area contributed by atoms with Crippen LogP contribution < -0.4 is 10.3 Å². The summed E-state index contributed by atoms with van der Waals surface area (Å²) in [7, 11) is 0. The molecule has 27 heavy (non-hydrogen) atoms. The first-order valence-corrected chi connectivity index (χ1v) is 9.05. The van der Waals surface area contributed by atoms with Crippen LogP contribution in [0.2, 0.25) is 0 Å². The Morgan fingerprint density at radius 2 is 2.00 bits per heavy atom. The summed E-state index contributed by atoms with van der Waals surface area (Å²) in [6, 6.07) is 2.79. The normalized spacial score (nSPS) is 17.6. The molecule has 1 saturated heterocycles. The molecule has 0 atom stereocenters. The molecule has 7 nitrogen and oxygen atoms in total. The Morgan fingerprint density at radius 3 is 2.59 bits per heavy atom. The highest BCUT2D eigenvalue weighted by molar-refractivity contribution is 5.94. The first-order chi connectivity index (χ1) is 12.9. The summed E-state index contributed by atoms with van der Waals surface area (Å²) in [6.07, 6.45) is 3.13. The predicted molar refractivity (Wildman–Crippen MR) is 97.9 cm³/mol. The van der Waals surface area contributed by atoms with Crippen molar-refractivity contribution < 1.29 is 19.1 Å². The molecule has 0 spiro atoms. The number of halogens is 1. The topological polar surface area (TPSA) is 82.8 Å². The van der Waals surface area contributed by atoms with Gasteiger partial charge in [-0.1, -0.05) is 0 Å². The summed E-state index contributed by atoms with van der Waals surface area (Å²) < 4.78 is 16.6. The zero-order valence-corrected chi connectivity index (χ0v) is 14.9. The third kappa shape index (κ3) is 2.94. The van der Waals surface area contributed by atoms with Crippen molar-refractivity contribution in [1.29, 1.82) is 0 Å². The molecule has 8 heteroatoms. The molecule has 4 rings (SSSR count). The van der Waals surface area contributed by atoms with E-state index in [4.69, 9.17) is 0 Å². The molecule has 2 fully saturated rings. The molecular formula is C19H20FN3O4. The largest absolute Gasteiger partial charge is 0.477 e. The van der Waals surface area contributed by atoms with Gasteiger partial charge in [-0.25, -0.2) is 9.18 Å². The van der Waals surface area contributed by atoms with E-state index in [2.05, 4.69) is 0 Å². The standard InChI is InChI=1S/C19H20FN3O4/c1-2-21-5-6-22(10-17(21)24)16-8-15-12(7-14(16)20)18(25)13(19(26)27)9-23(15)11-3-4-11/h7-9,11H,2-6,10H2,1H3,(H,26,27). The number of hydrogen-bond acceptors (Lipinski definition) is 4. The Hall–Kier alpha value is -2.90. The van der Waals surface area contributed by atoms with Gasteiger partial charge in [-0.15, -0.1) is 0 Å². The summed E-state index contributed by atoms with van der Waals surface area (Å²) in [5, 5.41) is 9.36. The van der Waals surface area contributed by atoms with Crippen molar-refractivity contribution in [2.45, 2.75) is 25.8 Å². The van der Waals surface area contributed by atoms with Gasteiger partial charge in [-0.2, -0.15) is 0 Å². The molecule has 0 unspecified atom stereocenters. The lowest BCUT2D eigenvalue weighted by atomic mass is 10.1. The number of pyridine rings is 1. The molecule has 0 radical (unpaired) electrons. The van der Waals surface area contributed by atoms with Gasteiger partial charge in [0.25, 0.3) is 0 Å². The Bertz CT molecular complexity index is 1010. The number of rotatable bonds is 4. The van der Waals surface area contributed by atoms with Crippen LogP contribution in [0.5, 0.6) is 0 Å². The molecule has 1 aromatic carbocycles. The minimum atomic E-state index is -1.32. The molecule has 1 aliphatic heterocycles. The third-order valence-electron chi connectivity index (χ3n) is 5.31. The van der Waals surface area contributed by atoms with E-state index >= 15 is 0 Å². The molecule has 0 bridgehead atoms. The average molecular weight is 373 g/mol. The SMILES string of the molecule is CCN1CCN(c2cc3c(cc2F)c(=O)c(C(=O)O)cn3C2CC2)CC1=O. The van der Waals surface area contributed by atoms with E-state index in [9.17, 15) is 23.9 Å². The first kappa shape index (κ1) is 17.5. The van der Waals surface area contributed by atoms with Crippen molar-refractivity contribution in [2.75, 3.05) is 31.1 Å². The average Bonchev–Trinajstić information content (AvgIpc) is 3.46. The van der Waals surface area contributed by atoms with Crippen molar-refractivity contribution in [3.8, 4) is 0 Å². The number of nitrogens with zero attached hydrogens (tertiary/aromatic N) is 3. The maximum absolute atomic E-state index is 14.8. The van der Waals surface area contributed by atoms with Crippen molar-refractivity contribution in [1.82, 2.24) is 9.47 Å². The molecule has 2 aromatic rings. The first-order valence-electron chi connectivity index (χ1n) is 9.05. The smallest absolute Gasteiger partial charge is 0.341 e. The van der Waals surface area contributed by atoms with E-state index in [0.29, 0.717) is 25.2 Å². The number of carbonyl (C=O) groups is 2. The number of hydrogen-bond donors (Lipinski definition) is 1. The number of amides is 1. The van der Waals surface area contributed by atoms with Gasteiger partial charge in [-0.3, -0.25) is 9.59 Å². The molecule has 2 heterocycles. The summed E-state index contributed by atoms with van der Waals surface area (Å²) in [6.45, 7) is 3.62. The molecular weight excluding hydrogens is 353 g/mol. The third-order valence-corrected chi connectivity index (χ3v) is 5.31. The summed E-state index contributed by atoms with van der Waals surface area (Å²) in [5.41, 5.74) is -0.266. The van der Waals surface area contributed by atoms with E-state index in [1.165, 1.54) is 6.20 Å². The van der Waals surface area contributed by atoms with Crippen molar-refractivity contribution in [3.05, 3.63) is 39.9 Å². The van der Waals surface area contributed by atoms with Crippen LogP contribution in [0.4, 0.5) is 10.1 Å². The van der Waals surface area contributed by atoms with E-state index in [1.54, 1.807) is 20.4 Å². The molecule has 1 amide bonds. The highest BCUT2D eigenvalue weighted by Gasteiger charge is 2.29. The maximum atomic E-state index is 14.8. The minimum Gasteiger partial charge on any atom is -0.477 e. The second kappa shape index (κ2) is 6.37. The lowest BCUT2D eigenvalue weighted by Crippen LogP contribution is -2.50. The second-order valence-electron chi connectivity index (χ2n) is 7.03. The highest BCUT2D eigenvalue weighted by atomic mass is 19.1. The highest BCUT2D eigenvalue weighted by Crippen LogP contribution is 2.38. The summed E-state index contributed by atoms with van der Waals surface area (Å²) >= 11 is 0. The Balaban J connectivity index is 1.85. The van der Waals surface area contributed by atoms with Gasteiger partial charge in [0.05, 0.1) is 17.7 Å². The van der Waals surface area contributed by atoms with Crippen LogP contribution >= 0.6 is 0 Å². The Labute approximate surface area is 154 Å². The van der Waals surface area contributed by atoms with Gasteiger partial charge in [0.1, 0.15) is 11.4 Å². The fourth-order valence-electron chi connectivity index (χ4n) is 3.66. The number of aromatic nitrogens is 1. The number of aromatic carboxylic acids is 1. The lowest BCUT2D eigenvalue weighted by Gasteiger charge is -2.35. The molecule has 142 valence electrons. The Kier molecular flexibility index (Phi) is 4.13.